The molecular formula is C7H19N3O. The van der Waals surface area contributed by atoms with E-state index in [1.165, 1.54) is 0 Å². The Morgan fingerprint density at radius 3 is 1.45 bits per heavy atom. The Labute approximate surface area is 68.4 Å². The summed E-state index contributed by atoms with van der Waals surface area (Å²) in [5, 5.41) is 7.35. The Morgan fingerprint density at radius 2 is 1.45 bits per heavy atom. The second-order valence-corrected chi connectivity index (χ2v) is 2.48. The summed E-state index contributed by atoms with van der Waals surface area (Å²) < 4.78 is 0.625. The van der Waals surface area contributed by atoms with Crippen molar-refractivity contribution in [3.8, 4) is 0 Å². The minimum atomic E-state index is 0. The highest BCUT2D eigenvalue weighted by atomic mass is 16.0. The zero-order chi connectivity index (χ0) is 8.20. The topological polar surface area (TPSA) is 79.9 Å². The van der Waals surface area contributed by atoms with E-state index in [2.05, 4.69) is 20.8 Å². The Kier molecular flexibility index (Phi) is 6.03. The van der Waals surface area contributed by atoms with Crippen molar-refractivity contribution in [1.82, 2.24) is 0 Å². The van der Waals surface area contributed by atoms with Crippen molar-refractivity contribution in [2.75, 3.05) is 19.6 Å². The van der Waals surface area contributed by atoms with Gasteiger partial charge in [-0.15, -0.1) is 0 Å². The maximum atomic E-state index is 7.35. The molecule has 0 rings (SSSR count). The minimum Gasteiger partial charge on any atom is -0.870 e. The van der Waals surface area contributed by atoms with E-state index in [0.29, 0.717) is 4.48 Å². The fourth-order valence-electron chi connectivity index (χ4n) is 1.18. The van der Waals surface area contributed by atoms with Crippen molar-refractivity contribution in [3.05, 3.63) is 0 Å². The Hall–Kier alpha value is -0.610. The van der Waals surface area contributed by atoms with Crippen molar-refractivity contribution in [2.45, 2.75) is 20.8 Å². The lowest BCUT2D eigenvalue weighted by molar-refractivity contribution is -0.838. The van der Waals surface area contributed by atoms with Crippen molar-refractivity contribution in [2.24, 2.45) is 5.73 Å². The van der Waals surface area contributed by atoms with Crippen LogP contribution >= 0.6 is 0 Å². The van der Waals surface area contributed by atoms with Gasteiger partial charge >= 0.3 is 0 Å². The monoisotopic (exact) mass is 161 g/mol. The number of nitrogens with two attached hydrogens (primary N) is 1. The summed E-state index contributed by atoms with van der Waals surface area (Å²) >= 11 is 0. The molecule has 4 heteroatoms. The number of nitrogens with one attached hydrogen (secondary N) is 1. The van der Waals surface area contributed by atoms with Crippen LogP contribution in [0.25, 0.3) is 0 Å². The summed E-state index contributed by atoms with van der Waals surface area (Å²) in [7, 11) is 0. The van der Waals surface area contributed by atoms with Gasteiger partial charge in [0.25, 0.3) is 5.96 Å². The maximum absolute atomic E-state index is 7.35. The van der Waals surface area contributed by atoms with Crippen molar-refractivity contribution < 1.29 is 9.96 Å². The van der Waals surface area contributed by atoms with Crippen LogP contribution < -0.4 is 5.73 Å². The molecule has 0 spiro atoms. The van der Waals surface area contributed by atoms with E-state index in [0.717, 1.165) is 19.6 Å². The molecule has 0 aliphatic rings. The minimum absolute atomic E-state index is 0. The van der Waals surface area contributed by atoms with Crippen molar-refractivity contribution >= 4 is 5.96 Å². The van der Waals surface area contributed by atoms with Gasteiger partial charge in [-0.2, -0.15) is 0 Å². The van der Waals surface area contributed by atoms with Crippen LogP contribution in [0, 0.1) is 5.41 Å². The molecule has 0 aromatic carbocycles. The van der Waals surface area contributed by atoms with E-state index < -0.39 is 0 Å². The van der Waals surface area contributed by atoms with Crippen LogP contribution in [0.15, 0.2) is 0 Å². The summed E-state index contributed by atoms with van der Waals surface area (Å²) in [5.74, 6) is 0.285. The van der Waals surface area contributed by atoms with Crippen LogP contribution in [0.1, 0.15) is 20.8 Å². The first-order valence-electron chi connectivity index (χ1n) is 3.83. The van der Waals surface area contributed by atoms with Crippen LogP contribution in [0.5, 0.6) is 0 Å². The third kappa shape index (κ3) is 2.48. The molecule has 0 bridgehead atoms. The van der Waals surface area contributed by atoms with Gasteiger partial charge in [0.15, 0.2) is 0 Å². The Bertz CT molecular complexity index is 113. The highest BCUT2D eigenvalue weighted by Crippen LogP contribution is 2.02. The number of guanidine groups is 1. The van der Waals surface area contributed by atoms with Gasteiger partial charge in [0.2, 0.25) is 0 Å². The molecule has 0 heterocycles. The first-order chi connectivity index (χ1) is 4.63. The Morgan fingerprint density at radius 1 is 1.18 bits per heavy atom. The zero-order valence-corrected chi connectivity index (χ0v) is 7.59. The molecule has 0 aromatic rings. The van der Waals surface area contributed by atoms with Gasteiger partial charge in [-0.05, 0) is 20.8 Å². The number of hydrogen-bond acceptors (Lipinski definition) is 2. The van der Waals surface area contributed by atoms with Crippen LogP contribution in [0.2, 0.25) is 0 Å². The zero-order valence-electron chi connectivity index (χ0n) is 7.59. The third-order valence-corrected chi connectivity index (χ3v) is 2.33. The van der Waals surface area contributed by atoms with Gasteiger partial charge in [0, 0.05) is 0 Å². The largest absolute Gasteiger partial charge is 0.870 e. The normalized spacial score (nSPS) is 10.5. The van der Waals surface area contributed by atoms with Crippen LogP contribution in [-0.4, -0.2) is 35.6 Å². The van der Waals surface area contributed by atoms with Gasteiger partial charge < -0.3 is 11.2 Å². The molecule has 68 valence electrons. The summed E-state index contributed by atoms with van der Waals surface area (Å²) in [4.78, 5) is 0. The molecule has 4 N–H and O–H groups in total. The molecule has 0 fully saturated rings. The van der Waals surface area contributed by atoms with Crippen molar-refractivity contribution in [1.29, 1.82) is 5.41 Å². The second kappa shape index (κ2) is 5.09. The average molecular weight is 161 g/mol. The van der Waals surface area contributed by atoms with Crippen LogP contribution in [0.4, 0.5) is 0 Å². The maximum Gasteiger partial charge on any atom is 0.292 e. The molecular weight excluding hydrogens is 142 g/mol. The SMILES string of the molecule is CC[N+](CC)(CC)C(=N)N.[OH-]. The standard InChI is InChI=1S/C7H18N3.H2O/c1-4-10(5-2,6-3)7(8)9;/h4-6H2,1-3H3,(H3,8,9);1H2/q+1;/p-1. The molecule has 0 aliphatic carbocycles. The smallest absolute Gasteiger partial charge is 0.292 e. The van der Waals surface area contributed by atoms with E-state index in [1.807, 2.05) is 0 Å². The molecule has 0 radical (unpaired) electrons. The molecule has 0 atom stereocenters. The number of rotatable bonds is 3. The van der Waals surface area contributed by atoms with E-state index in [4.69, 9.17) is 11.1 Å². The lowest BCUT2D eigenvalue weighted by atomic mass is 10.4. The molecule has 0 aromatic heterocycles. The van der Waals surface area contributed by atoms with Gasteiger partial charge in [0.05, 0.1) is 19.6 Å². The van der Waals surface area contributed by atoms with Gasteiger partial charge in [-0.25, -0.2) is 5.41 Å². The van der Waals surface area contributed by atoms with Gasteiger partial charge in [0.1, 0.15) is 0 Å². The lowest BCUT2D eigenvalue weighted by Gasteiger charge is -2.32. The highest BCUT2D eigenvalue weighted by molar-refractivity contribution is 5.67. The fourth-order valence-corrected chi connectivity index (χ4v) is 1.18. The van der Waals surface area contributed by atoms with Gasteiger partial charge in [-0.1, -0.05) is 0 Å². The summed E-state index contributed by atoms with van der Waals surface area (Å²) in [5.41, 5.74) is 5.46. The molecule has 4 nitrogen and oxygen atoms in total. The van der Waals surface area contributed by atoms with Crippen LogP contribution in [0.3, 0.4) is 0 Å². The van der Waals surface area contributed by atoms with E-state index in [1.54, 1.807) is 0 Å². The summed E-state index contributed by atoms with van der Waals surface area (Å²) in [6.07, 6.45) is 0. The molecule has 11 heavy (non-hydrogen) atoms. The first kappa shape index (κ1) is 13.0. The molecule has 0 aliphatic heterocycles. The summed E-state index contributed by atoms with van der Waals surface area (Å²) in [6, 6.07) is 0. The van der Waals surface area contributed by atoms with Crippen molar-refractivity contribution in [3.63, 3.8) is 0 Å². The lowest BCUT2D eigenvalue weighted by Crippen LogP contribution is -2.55. The molecule has 0 saturated heterocycles. The predicted octanol–water partition coefficient (Wildman–Crippen LogP) is 0.580. The number of nitrogens with zero attached hydrogens (tertiary/aromatic N) is 1. The third-order valence-electron chi connectivity index (χ3n) is 2.33. The quantitative estimate of drug-likeness (QED) is 0.360. The van der Waals surface area contributed by atoms with Crippen LogP contribution in [-0.2, 0) is 0 Å². The average Bonchev–Trinajstić information content (AvgIpc) is 1.92. The van der Waals surface area contributed by atoms with E-state index in [9.17, 15) is 0 Å². The van der Waals surface area contributed by atoms with E-state index >= 15 is 0 Å². The Balaban J connectivity index is 0. The first-order valence-corrected chi connectivity index (χ1v) is 3.83. The molecule has 0 amide bonds. The summed E-state index contributed by atoms with van der Waals surface area (Å²) in [6.45, 7) is 8.95. The fraction of sp³-hybridized carbons (Fsp3) is 0.857. The number of quaternary nitrogens is 1. The number of hydrogen-bond donors (Lipinski definition) is 2. The van der Waals surface area contributed by atoms with Gasteiger partial charge in [-0.3, -0.25) is 4.48 Å². The molecule has 0 unspecified atom stereocenters. The van der Waals surface area contributed by atoms with E-state index in [-0.39, 0.29) is 11.4 Å². The predicted molar refractivity (Wildman–Crippen MR) is 45.7 cm³/mol. The molecule has 0 saturated carbocycles. The highest BCUT2D eigenvalue weighted by Gasteiger charge is 2.24. The second-order valence-electron chi connectivity index (χ2n) is 2.48.